The summed E-state index contributed by atoms with van der Waals surface area (Å²) in [5, 5.41) is 10.3. The first-order chi connectivity index (χ1) is 8.27. The summed E-state index contributed by atoms with van der Waals surface area (Å²) in [7, 11) is 0. The molecule has 2 N–H and O–H groups in total. The zero-order valence-electron chi connectivity index (χ0n) is 9.36. The van der Waals surface area contributed by atoms with Gasteiger partial charge in [-0.15, -0.1) is 0 Å². The maximum absolute atomic E-state index is 11.3. The third-order valence-corrected chi connectivity index (χ3v) is 3.28. The Morgan fingerprint density at radius 1 is 1.29 bits per heavy atom. The molecule has 86 valence electrons. The van der Waals surface area contributed by atoms with E-state index in [1.807, 2.05) is 24.3 Å². The third kappa shape index (κ3) is 1.55. The SMILES string of the molecule is O=C(O)c1[nH]c2ccccc2c1C1=CCCC1. The Labute approximate surface area is 98.8 Å². The number of aromatic nitrogens is 1. The fraction of sp³-hybridized carbons (Fsp3) is 0.214. The minimum absolute atomic E-state index is 0.319. The van der Waals surface area contributed by atoms with Gasteiger partial charge in [-0.2, -0.15) is 0 Å². The van der Waals surface area contributed by atoms with Crippen LogP contribution in [0.4, 0.5) is 0 Å². The van der Waals surface area contributed by atoms with Gasteiger partial charge in [0.05, 0.1) is 0 Å². The van der Waals surface area contributed by atoms with Crippen molar-refractivity contribution in [1.29, 1.82) is 0 Å². The van der Waals surface area contributed by atoms with E-state index in [1.165, 1.54) is 5.57 Å². The molecule has 0 fully saturated rings. The zero-order chi connectivity index (χ0) is 11.8. The quantitative estimate of drug-likeness (QED) is 0.825. The molecule has 0 saturated carbocycles. The van der Waals surface area contributed by atoms with Gasteiger partial charge < -0.3 is 10.1 Å². The van der Waals surface area contributed by atoms with Gasteiger partial charge in [0.2, 0.25) is 0 Å². The van der Waals surface area contributed by atoms with Crippen LogP contribution in [0, 0.1) is 0 Å². The van der Waals surface area contributed by atoms with Crippen molar-refractivity contribution in [3.8, 4) is 0 Å². The first kappa shape index (κ1) is 10.1. The van der Waals surface area contributed by atoms with Crippen LogP contribution in [0.1, 0.15) is 35.3 Å². The van der Waals surface area contributed by atoms with Gasteiger partial charge in [0.1, 0.15) is 5.69 Å². The number of benzene rings is 1. The van der Waals surface area contributed by atoms with Gasteiger partial charge in [0.25, 0.3) is 0 Å². The van der Waals surface area contributed by atoms with Gasteiger partial charge in [0.15, 0.2) is 0 Å². The lowest BCUT2D eigenvalue weighted by atomic mass is 10.0. The van der Waals surface area contributed by atoms with Crippen molar-refractivity contribution in [2.24, 2.45) is 0 Å². The van der Waals surface area contributed by atoms with Gasteiger partial charge in [0, 0.05) is 16.5 Å². The van der Waals surface area contributed by atoms with E-state index in [1.54, 1.807) is 0 Å². The second-order valence-electron chi connectivity index (χ2n) is 4.35. The molecule has 0 amide bonds. The fourth-order valence-corrected chi connectivity index (χ4v) is 2.53. The summed E-state index contributed by atoms with van der Waals surface area (Å²) in [5.74, 6) is -0.885. The molecule has 3 nitrogen and oxygen atoms in total. The van der Waals surface area contributed by atoms with Crippen LogP contribution in [-0.4, -0.2) is 16.1 Å². The van der Waals surface area contributed by atoms with Crippen LogP contribution in [0.3, 0.4) is 0 Å². The number of aromatic carboxylic acids is 1. The first-order valence-electron chi connectivity index (χ1n) is 5.81. The van der Waals surface area contributed by atoms with Crippen molar-refractivity contribution in [1.82, 2.24) is 4.98 Å². The maximum atomic E-state index is 11.3. The highest BCUT2D eigenvalue weighted by atomic mass is 16.4. The monoisotopic (exact) mass is 227 g/mol. The number of nitrogens with one attached hydrogen (secondary N) is 1. The topological polar surface area (TPSA) is 53.1 Å². The Morgan fingerprint density at radius 2 is 2.12 bits per heavy atom. The summed E-state index contributed by atoms with van der Waals surface area (Å²) in [4.78, 5) is 14.3. The predicted octanol–water partition coefficient (Wildman–Crippen LogP) is 3.43. The summed E-state index contributed by atoms with van der Waals surface area (Å²) < 4.78 is 0. The van der Waals surface area contributed by atoms with E-state index >= 15 is 0 Å². The summed E-state index contributed by atoms with van der Waals surface area (Å²) >= 11 is 0. The van der Waals surface area contributed by atoms with Crippen molar-refractivity contribution < 1.29 is 9.90 Å². The highest BCUT2D eigenvalue weighted by molar-refractivity contribution is 6.04. The molecule has 3 rings (SSSR count). The molecule has 17 heavy (non-hydrogen) atoms. The number of aromatic amines is 1. The van der Waals surface area contributed by atoms with E-state index in [-0.39, 0.29) is 0 Å². The molecule has 1 aliphatic carbocycles. The fourth-order valence-electron chi connectivity index (χ4n) is 2.53. The molecule has 1 heterocycles. The van der Waals surface area contributed by atoms with Gasteiger partial charge in [-0.3, -0.25) is 0 Å². The number of allylic oxidation sites excluding steroid dienone is 2. The Hall–Kier alpha value is -2.03. The molecule has 0 saturated heterocycles. The molecule has 0 unspecified atom stereocenters. The number of hydrogen-bond acceptors (Lipinski definition) is 1. The van der Waals surface area contributed by atoms with Crippen LogP contribution >= 0.6 is 0 Å². The van der Waals surface area contributed by atoms with E-state index in [9.17, 15) is 9.90 Å². The predicted molar refractivity (Wildman–Crippen MR) is 67.1 cm³/mol. The zero-order valence-corrected chi connectivity index (χ0v) is 9.36. The number of H-pyrrole nitrogens is 1. The average molecular weight is 227 g/mol. The number of hydrogen-bond donors (Lipinski definition) is 2. The molecule has 0 spiro atoms. The molecule has 0 atom stereocenters. The number of carboxylic acid groups (broad SMARTS) is 1. The van der Waals surface area contributed by atoms with Crippen molar-refractivity contribution in [3.05, 3.63) is 41.6 Å². The molecule has 0 aliphatic heterocycles. The van der Waals surface area contributed by atoms with Gasteiger partial charge in [-0.05, 0) is 30.9 Å². The summed E-state index contributed by atoms with van der Waals surface area (Å²) in [6.07, 6.45) is 5.30. The standard InChI is InChI=1S/C14H13NO2/c16-14(17)13-12(9-5-1-2-6-9)10-7-3-4-8-11(10)15-13/h3-5,7-8,15H,1-2,6H2,(H,16,17). The normalized spacial score (nSPS) is 15.2. The molecule has 1 aromatic heterocycles. The van der Waals surface area contributed by atoms with Crippen LogP contribution in [0.25, 0.3) is 16.5 Å². The minimum atomic E-state index is -0.885. The summed E-state index contributed by atoms with van der Waals surface area (Å²) in [6.45, 7) is 0. The Kier molecular flexibility index (Phi) is 2.25. The van der Waals surface area contributed by atoms with Crippen LogP contribution in [-0.2, 0) is 0 Å². The van der Waals surface area contributed by atoms with Crippen LogP contribution in [0.15, 0.2) is 30.3 Å². The Bertz CT molecular complexity index is 622. The first-order valence-corrected chi connectivity index (χ1v) is 5.81. The number of rotatable bonds is 2. The number of fused-ring (bicyclic) bond motifs is 1. The Balaban J connectivity index is 2.31. The molecular formula is C14H13NO2. The second-order valence-corrected chi connectivity index (χ2v) is 4.35. The number of carbonyl (C=O) groups is 1. The lowest BCUT2D eigenvalue weighted by Gasteiger charge is -2.02. The van der Waals surface area contributed by atoms with Crippen LogP contribution < -0.4 is 0 Å². The van der Waals surface area contributed by atoms with Gasteiger partial charge in [-0.1, -0.05) is 24.3 Å². The van der Waals surface area contributed by atoms with Crippen molar-refractivity contribution in [2.45, 2.75) is 19.3 Å². The van der Waals surface area contributed by atoms with E-state index in [0.717, 1.165) is 35.7 Å². The second kappa shape index (κ2) is 3.77. The largest absolute Gasteiger partial charge is 0.477 e. The molecule has 3 heteroatoms. The molecular weight excluding hydrogens is 214 g/mol. The van der Waals surface area contributed by atoms with Crippen molar-refractivity contribution in [2.75, 3.05) is 0 Å². The van der Waals surface area contributed by atoms with E-state index in [0.29, 0.717) is 5.69 Å². The minimum Gasteiger partial charge on any atom is -0.477 e. The highest BCUT2D eigenvalue weighted by Crippen LogP contribution is 2.35. The average Bonchev–Trinajstić information content (AvgIpc) is 2.94. The molecule has 0 bridgehead atoms. The molecule has 1 aromatic carbocycles. The lowest BCUT2D eigenvalue weighted by Crippen LogP contribution is -2.00. The molecule has 1 aliphatic rings. The third-order valence-electron chi connectivity index (χ3n) is 3.28. The smallest absolute Gasteiger partial charge is 0.352 e. The summed E-state index contributed by atoms with van der Waals surface area (Å²) in [5.41, 5.74) is 3.26. The highest BCUT2D eigenvalue weighted by Gasteiger charge is 2.20. The van der Waals surface area contributed by atoms with Crippen LogP contribution in [0.5, 0.6) is 0 Å². The summed E-state index contributed by atoms with van der Waals surface area (Å²) in [6, 6.07) is 7.76. The number of para-hydroxylation sites is 1. The van der Waals surface area contributed by atoms with E-state index in [2.05, 4.69) is 11.1 Å². The van der Waals surface area contributed by atoms with Crippen molar-refractivity contribution in [3.63, 3.8) is 0 Å². The lowest BCUT2D eigenvalue weighted by molar-refractivity contribution is 0.0691. The number of carboxylic acids is 1. The Morgan fingerprint density at radius 3 is 2.82 bits per heavy atom. The van der Waals surface area contributed by atoms with Crippen LogP contribution in [0.2, 0.25) is 0 Å². The maximum Gasteiger partial charge on any atom is 0.352 e. The van der Waals surface area contributed by atoms with E-state index in [4.69, 9.17) is 0 Å². The van der Waals surface area contributed by atoms with Crippen molar-refractivity contribution >= 4 is 22.4 Å². The van der Waals surface area contributed by atoms with Gasteiger partial charge in [-0.25, -0.2) is 4.79 Å². The molecule has 2 aromatic rings. The van der Waals surface area contributed by atoms with Gasteiger partial charge >= 0.3 is 5.97 Å². The molecule has 0 radical (unpaired) electrons. The van der Waals surface area contributed by atoms with E-state index < -0.39 is 5.97 Å².